The number of likely N-dealkylation sites (N-methyl/N-ethyl adjacent to an activating group) is 1. The molecule has 0 radical (unpaired) electrons. The van der Waals surface area contributed by atoms with Gasteiger partial charge in [0.25, 0.3) is 5.91 Å². The van der Waals surface area contributed by atoms with E-state index in [9.17, 15) is 39.9 Å². The van der Waals surface area contributed by atoms with E-state index in [1.165, 1.54) is 25.1 Å². The standard InChI is InChI=1S/C21H22IN3O8/c1-25(2)13-12-14(26)6-3-5-8(23)4-7(22)15(27)9(5)16(28)10(6)18(30)21(12,33)19(31)11(17(13)29)20(24)32/h4,6,12-14,26-28,31,33H,3,23H2,1-2H3,(H2,24,32)/t6?,12?,13?,14?,21-/m0/s1. The van der Waals surface area contributed by atoms with Gasteiger partial charge in [0.1, 0.15) is 22.8 Å². The van der Waals surface area contributed by atoms with Crippen LogP contribution in [0.2, 0.25) is 0 Å². The molecular weight excluding hydrogens is 549 g/mol. The first-order valence-electron chi connectivity index (χ1n) is 9.89. The number of hydrogen-bond acceptors (Lipinski definition) is 10. The quantitative estimate of drug-likeness (QED) is 0.101. The lowest BCUT2D eigenvalue weighted by Crippen LogP contribution is -2.70. The minimum atomic E-state index is -2.92. The van der Waals surface area contributed by atoms with Crippen LogP contribution in [0.25, 0.3) is 5.76 Å². The summed E-state index contributed by atoms with van der Waals surface area (Å²) < 4.78 is 0.296. The van der Waals surface area contributed by atoms with E-state index in [1.807, 2.05) is 0 Å². The predicted molar refractivity (Wildman–Crippen MR) is 123 cm³/mol. The van der Waals surface area contributed by atoms with Crippen molar-refractivity contribution >= 4 is 51.5 Å². The summed E-state index contributed by atoms with van der Waals surface area (Å²) in [5.74, 6) is -8.55. The second-order valence-corrected chi connectivity index (χ2v) is 9.86. The number of benzene rings is 1. The van der Waals surface area contributed by atoms with Crippen LogP contribution in [0.5, 0.6) is 5.75 Å². The number of carbonyl (C=O) groups excluding carboxylic acids is 3. The number of carbonyl (C=O) groups is 3. The molecule has 33 heavy (non-hydrogen) atoms. The van der Waals surface area contributed by atoms with E-state index < -0.39 is 69.7 Å². The molecule has 0 bridgehead atoms. The van der Waals surface area contributed by atoms with Crippen molar-refractivity contribution < 1.29 is 39.9 Å². The Kier molecular flexibility index (Phi) is 5.27. The highest BCUT2D eigenvalue weighted by molar-refractivity contribution is 14.1. The van der Waals surface area contributed by atoms with Gasteiger partial charge in [-0.1, -0.05) is 0 Å². The highest BCUT2D eigenvalue weighted by Gasteiger charge is 2.67. The van der Waals surface area contributed by atoms with Crippen molar-refractivity contribution in [1.29, 1.82) is 0 Å². The van der Waals surface area contributed by atoms with Gasteiger partial charge in [-0.2, -0.15) is 0 Å². The van der Waals surface area contributed by atoms with E-state index in [0.717, 1.165) is 0 Å². The fourth-order valence-corrected chi connectivity index (χ4v) is 5.93. The van der Waals surface area contributed by atoms with Gasteiger partial charge in [0, 0.05) is 17.2 Å². The maximum absolute atomic E-state index is 13.6. The molecule has 0 aliphatic heterocycles. The molecule has 1 amide bonds. The number of aliphatic hydroxyl groups is 4. The zero-order valence-corrected chi connectivity index (χ0v) is 19.7. The third-order valence-corrected chi connectivity index (χ3v) is 7.61. The average molecular weight is 571 g/mol. The number of primary amides is 1. The molecule has 176 valence electrons. The molecule has 0 heterocycles. The van der Waals surface area contributed by atoms with Crippen LogP contribution < -0.4 is 11.5 Å². The van der Waals surface area contributed by atoms with E-state index in [-0.39, 0.29) is 29.0 Å². The molecule has 4 rings (SSSR count). The van der Waals surface area contributed by atoms with Crippen LogP contribution in [-0.4, -0.2) is 79.7 Å². The Labute approximate surface area is 201 Å². The van der Waals surface area contributed by atoms with Gasteiger partial charge in [0.2, 0.25) is 5.78 Å². The zero-order chi connectivity index (χ0) is 24.7. The van der Waals surface area contributed by atoms with Crippen molar-refractivity contribution in [2.24, 2.45) is 17.6 Å². The maximum Gasteiger partial charge on any atom is 0.255 e. The molecule has 0 spiro atoms. The summed E-state index contributed by atoms with van der Waals surface area (Å²) in [5.41, 5.74) is 7.38. The predicted octanol–water partition coefficient (Wildman–Crippen LogP) is -0.878. The molecular formula is C21H22IN3O8. The topological polar surface area (TPSA) is 208 Å². The minimum absolute atomic E-state index is 0.0913. The molecule has 3 aliphatic rings. The first-order valence-corrected chi connectivity index (χ1v) is 11.0. The Morgan fingerprint density at radius 2 is 1.85 bits per heavy atom. The second kappa shape index (κ2) is 7.41. The second-order valence-electron chi connectivity index (χ2n) is 8.70. The Morgan fingerprint density at radius 3 is 2.39 bits per heavy atom. The smallest absolute Gasteiger partial charge is 0.255 e. The third kappa shape index (κ3) is 2.87. The van der Waals surface area contributed by atoms with E-state index in [1.54, 1.807) is 22.6 Å². The molecule has 4 unspecified atom stereocenters. The zero-order valence-electron chi connectivity index (χ0n) is 17.5. The minimum Gasteiger partial charge on any atom is -0.508 e. The number of aliphatic hydroxyl groups excluding tert-OH is 3. The van der Waals surface area contributed by atoms with Crippen LogP contribution in [0.3, 0.4) is 0 Å². The molecule has 11 nitrogen and oxygen atoms in total. The molecule has 5 atom stereocenters. The van der Waals surface area contributed by atoms with Crippen LogP contribution in [0.15, 0.2) is 23.0 Å². The summed E-state index contributed by atoms with van der Waals surface area (Å²) >= 11 is 1.79. The van der Waals surface area contributed by atoms with Gasteiger partial charge in [-0.25, -0.2) is 0 Å². The van der Waals surface area contributed by atoms with Crippen molar-refractivity contribution in [2.45, 2.75) is 24.2 Å². The Morgan fingerprint density at radius 1 is 1.24 bits per heavy atom. The SMILES string of the molecule is CN(C)C1C(=O)C(C(N)=O)=C(O)[C@@]2(O)C(=O)C3=C(O)c4c(O)c(I)cc(N)c4CC3C(O)C12. The van der Waals surface area contributed by atoms with Gasteiger partial charge >= 0.3 is 0 Å². The van der Waals surface area contributed by atoms with E-state index >= 15 is 0 Å². The monoisotopic (exact) mass is 571 g/mol. The third-order valence-electron chi connectivity index (χ3n) is 6.79. The van der Waals surface area contributed by atoms with Crippen molar-refractivity contribution in [1.82, 2.24) is 4.90 Å². The molecule has 1 aromatic rings. The Hall–Kier alpha value is -2.68. The molecule has 0 saturated heterocycles. The molecule has 1 saturated carbocycles. The number of rotatable bonds is 2. The highest BCUT2D eigenvalue weighted by Crippen LogP contribution is 2.53. The Balaban J connectivity index is 2.06. The van der Waals surface area contributed by atoms with E-state index in [2.05, 4.69) is 0 Å². The summed E-state index contributed by atoms with van der Waals surface area (Å²) in [6, 6.07) is 0.0841. The molecule has 1 aromatic carbocycles. The Bertz CT molecular complexity index is 1210. The van der Waals surface area contributed by atoms with Crippen LogP contribution in [0, 0.1) is 15.4 Å². The number of aromatic hydroxyl groups is 1. The number of nitrogens with two attached hydrogens (primary N) is 2. The normalized spacial score (nSPS) is 31.5. The van der Waals surface area contributed by atoms with Gasteiger partial charge in [-0.3, -0.25) is 19.3 Å². The van der Waals surface area contributed by atoms with Crippen LogP contribution in [0.4, 0.5) is 5.69 Å². The number of hydrogen-bond donors (Lipinski definition) is 7. The lowest BCUT2D eigenvalue weighted by atomic mass is 9.56. The maximum atomic E-state index is 13.6. The average Bonchev–Trinajstić information content (AvgIpc) is 2.71. The van der Waals surface area contributed by atoms with Gasteiger partial charge in [-0.05, 0) is 54.7 Å². The number of ketones is 2. The lowest BCUT2D eigenvalue weighted by Gasteiger charge is -2.52. The fourth-order valence-electron chi connectivity index (χ4n) is 5.32. The van der Waals surface area contributed by atoms with Gasteiger partial charge < -0.3 is 37.0 Å². The summed E-state index contributed by atoms with van der Waals surface area (Å²) in [4.78, 5) is 39.9. The van der Waals surface area contributed by atoms with Crippen LogP contribution in [0.1, 0.15) is 11.1 Å². The van der Waals surface area contributed by atoms with Crippen molar-refractivity contribution in [3.05, 3.63) is 37.7 Å². The van der Waals surface area contributed by atoms with Crippen LogP contribution in [-0.2, 0) is 20.8 Å². The van der Waals surface area contributed by atoms with Gasteiger partial charge in [0.05, 0.1) is 27.2 Å². The largest absolute Gasteiger partial charge is 0.508 e. The molecule has 1 fully saturated rings. The van der Waals surface area contributed by atoms with Crippen LogP contribution >= 0.6 is 22.6 Å². The number of halogens is 1. The van der Waals surface area contributed by atoms with Crippen molar-refractivity contribution in [3.8, 4) is 5.75 Å². The number of nitrogen functional groups attached to an aromatic ring is 1. The first-order chi connectivity index (χ1) is 15.3. The number of phenolic OH excluding ortho intramolecular Hbond substituents is 1. The number of fused-ring (bicyclic) bond motifs is 3. The lowest BCUT2D eigenvalue weighted by molar-refractivity contribution is -0.168. The number of amides is 1. The first kappa shape index (κ1) is 23.5. The van der Waals surface area contributed by atoms with E-state index in [0.29, 0.717) is 3.57 Å². The number of nitrogens with zero attached hydrogens (tertiary/aromatic N) is 1. The molecule has 12 heteroatoms. The number of phenols is 1. The summed E-state index contributed by atoms with van der Waals surface area (Å²) in [7, 11) is 2.89. The van der Waals surface area contributed by atoms with Crippen molar-refractivity contribution in [3.63, 3.8) is 0 Å². The molecule has 3 aliphatic carbocycles. The number of Topliss-reactive ketones (excluding diaryl/α,β-unsaturated/α-hetero) is 2. The highest BCUT2D eigenvalue weighted by atomic mass is 127. The van der Waals surface area contributed by atoms with Crippen molar-refractivity contribution in [2.75, 3.05) is 19.8 Å². The number of anilines is 1. The fraction of sp³-hybridized carbons (Fsp3) is 0.381. The van der Waals surface area contributed by atoms with Gasteiger partial charge in [0.15, 0.2) is 11.4 Å². The molecule has 9 N–H and O–H groups in total. The van der Waals surface area contributed by atoms with E-state index in [4.69, 9.17) is 11.5 Å². The molecule has 0 aromatic heterocycles. The summed E-state index contributed by atoms with van der Waals surface area (Å²) in [6.45, 7) is 0. The van der Waals surface area contributed by atoms with Gasteiger partial charge in [-0.15, -0.1) is 0 Å². The summed E-state index contributed by atoms with van der Waals surface area (Å²) in [6.07, 6.45) is -1.72. The summed E-state index contributed by atoms with van der Waals surface area (Å²) in [5, 5.41) is 55.1.